The van der Waals surface area contributed by atoms with Crippen molar-refractivity contribution < 1.29 is 9.90 Å². The standard InChI is InChI=1S/C15H22BrNO2/c1-4-14(12-6-5-7-13(16)10-12)17(11(2)3)9-8-15(18)19/h5-7,10-11,14H,4,8-9H2,1-3H3,(H,18,19). The highest BCUT2D eigenvalue weighted by molar-refractivity contribution is 9.10. The minimum Gasteiger partial charge on any atom is -0.481 e. The van der Waals surface area contributed by atoms with Crippen molar-refractivity contribution in [2.75, 3.05) is 6.54 Å². The average molecular weight is 328 g/mol. The fourth-order valence-corrected chi connectivity index (χ4v) is 2.79. The van der Waals surface area contributed by atoms with Gasteiger partial charge in [0.2, 0.25) is 0 Å². The fraction of sp³-hybridized carbons (Fsp3) is 0.533. The lowest BCUT2D eigenvalue weighted by atomic mass is 10.0. The molecule has 106 valence electrons. The highest BCUT2D eigenvalue weighted by Gasteiger charge is 2.22. The Morgan fingerprint density at radius 3 is 2.58 bits per heavy atom. The minimum atomic E-state index is -0.741. The van der Waals surface area contributed by atoms with E-state index < -0.39 is 5.97 Å². The number of aliphatic carboxylic acids is 1. The molecule has 1 N–H and O–H groups in total. The van der Waals surface area contributed by atoms with Crippen molar-refractivity contribution in [3.63, 3.8) is 0 Å². The summed E-state index contributed by atoms with van der Waals surface area (Å²) < 4.78 is 1.06. The number of nitrogens with zero attached hydrogens (tertiary/aromatic N) is 1. The van der Waals surface area contributed by atoms with Crippen molar-refractivity contribution in [2.45, 2.75) is 45.7 Å². The SMILES string of the molecule is CCC(c1cccc(Br)c1)N(CCC(=O)O)C(C)C. The zero-order chi connectivity index (χ0) is 14.4. The predicted octanol–water partition coefficient (Wildman–Crippen LogP) is 4.09. The zero-order valence-corrected chi connectivity index (χ0v) is 13.4. The summed E-state index contributed by atoms with van der Waals surface area (Å²) in [6.45, 7) is 6.95. The smallest absolute Gasteiger partial charge is 0.304 e. The van der Waals surface area contributed by atoms with E-state index in [0.717, 1.165) is 10.9 Å². The van der Waals surface area contributed by atoms with Crippen molar-refractivity contribution in [3.8, 4) is 0 Å². The van der Waals surface area contributed by atoms with Gasteiger partial charge in [0.1, 0.15) is 0 Å². The van der Waals surface area contributed by atoms with E-state index in [2.05, 4.69) is 53.7 Å². The molecule has 1 aromatic carbocycles. The van der Waals surface area contributed by atoms with Crippen LogP contribution in [-0.2, 0) is 4.79 Å². The Bertz CT molecular complexity index is 420. The van der Waals surface area contributed by atoms with Crippen LogP contribution in [0.4, 0.5) is 0 Å². The lowest BCUT2D eigenvalue weighted by molar-refractivity contribution is -0.137. The fourth-order valence-electron chi connectivity index (χ4n) is 2.37. The van der Waals surface area contributed by atoms with E-state index in [9.17, 15) is 4.79 Å². The van der Waals surface area contributed by atoms with Crippen LogP contribution in [0, 0.1) is 0 Å². The molecule has 4 heteroatoms. The Labute approximate surface area is 123 Å². The maximum absolute atomic E-state index is 10.8. The third-order valence-corrected chi connectivity index (χ3v) is 3.76. The second-order valence-electron chi connectivity index (χ2n) is 4.95. The maximum Gasteiger partial charge on any atom is 0.304 e. The van der Waals surface area contributed by atoms with Crippen molar-refractivity contribution >= 4 is 21.9 Å². The molecule has 0 saturated carbocycles. The summed E-state index contributed by atoms with van der Waals surface area (Å²) in [5.41, 5.74) is 1.23. The summed E-state index contributed by atoms with van der Waals surface area (Å²) in [5.74, 6) is -0.741. The average Bonchev–Trinajstić information content (AvgIpc) is 2.33. The first-order valence-electron chi connectivity index (χ1n) is 6.68. The van der Waals surface area contributed by atoms with Gasteiger partial charge in [-0.05, 0) is 38.0 Å². The number of rotatable bonds is 7. The van der Waals surface area contributed by atoms with Gasteiger partial charge in [0.15, 0.2) is 0 Å². The van der Waals surface area contributed by atoms with Gasteiger partial charge in [-0.2, -0.15) is 0 Å². The highest BCUT2D eigenvalue weighted by atomic mass is 79.9. The molecule has 0 heterocycles. The molecule has 0 radical (unpaired) electrons. The van der Waals surface area contributed by atoms with E-state index in [1.807, 2.05) is 12.1 Å². The highest BCUT2D eigenvalue weighted by Crippen LogP contribution is 2.28. The molecule has 1 atom stereocenters. The van der Waals surface area contributed by atoms with E-state index in [1.165, 1.54) is 5.56 Å². The molecule has 0 spiro atoms. The van der Waals surface area contributed by atoms with Gasteiger partial charge in [-0.3, -0.25) is 9.69 Å². The molecule has 3 nitrogen and oxygen atoms in total. The zero-order valence-electron chi connectivity index (χ0n) is 11.8. The number of halogens is 1. The summed E-state index contributed by atoms with van der Waals surface area (Å²) in [4.78, 5) is 13.1. The molecule has 1 aromatic rings. The van der Waals surface area contributed by atoms with Gasteiger partial charge >= 0.3 is 5.97 Å². The third kappa shape index (κ3) is 4.96. The molecule has 0 aliphatic rings. The molecule has 0 amide bonds. The van der Waals surface area contributed by atoms with Gasteiger partial charge in [0.25, 0.3) is 0 Å². The molecule has 0 saturated heterocycles. The molecule has 0 aliphatic carbocycles. The summed E-state index contributed by atoms with van der Waals surface area (Å²) in [7, 11) is 0. The molecule has 0 fully saturated rings. The number of benzene rings is 1. The number of carbonyl (C=O) groups is 1. The van der Waals surface area contributed by atoms with E-state index in [0.29, 0.717) is 12.6 Å². The monoisotopic (exact) mass is 327 g/mol. The lowest BCUT2D eigenvalue weighted by Gasteiger charge is -2.34. The Hall–Kier alpha value is -0.870. The van der Waals surface area contributed by atoms with Gasteiger partial charge in [0, 0.05) is 23.1 Å². The number of hydrogen-bond acceptors (Lipinski definition) is 2. The molecule has 19 heavy (non-hydrogen) atoms. The normalized spacial score (nSPS) is 12.9. The molecular weight excluding hydrogens is 306 g/mol. The van der Waals surface area contributed by atoms with Gasteiger partial charge < -0.3 is 5.11 Å². The summed E-state index contributed by atoms with van der Waals surface area (Å²) in [5, 5.41) is 8.88. The summed E-state index contributed by atoms with van der Waals surface area (Å²) in [6, 6.07) is 8.84. The topological polar surface area (TPSA) is 40.5 Å². The molecule has 1 unspecified atom stereocenters. The largest absolute Gasteiger partial charge is 0.481 e. The Balaban J connectivity index is 2.92. The first-order chi connectivity index (χ1) is 8.95. The molecular formula is C15H22BrNO2. The van der Waals surface area contributed by atoms with Crippen molar-refractivity contribution in [3.05, 3.63) is 34.3 Å². The van der Waals surface area contributed by atoms with Crippen LogP contribution in [0.3, 0.4) is 0 Å². The van der Waals surface area contributed by atoms with E-state index in [1.54, 1.807) is 0 Å². The second kappa shape index (κ2) is 7.65. The Kier molecular flexibility index (Phi) is 6.52. The van der Waals surface area contributed by atoms with E-state index in [-0.39, 0.29) is 12.5 Å². The molecule has 0 aliphatic heterocycles. The third-order valence-electron chi connectivity index (χ3n) is 3.27. The van der Waals surface area contributed by atoms with Crippen LogP contribution in [-0.4, -0.2) is 28.6 Å². The van der Waals surface area contributed by atoms with Crippen LogP contribution in [0.1, 0.15) is 45.2 Å². The molecule has 0 aromatic heterocycles. The molecule has 1 rings (SSSR count). The van der Waals surface area contributed by atoms with Crippen LogP contribution in [0.25, 0.3) is 0 Å². The van der Waals surface area contributed by atoms with Crippen molar-refractivity contribution in [1.82, 2.24) is 4.90 Å². The number of carboxylic acid groups (broad SMARTS) is 1. The van der Waals surface area contributed by atoms with Crippen molar-refractivity contribution in [2.24, 2.45) is 0 Å². The van der Waals surface area contributed by atoms with Gasteiger partial charge in [-0.15, -0.1) is 0 Å². The van der Waals surface area contributed by atoms with Gasteiger partial charge in [-0.1, -0.05) is 35.0 Å². The summed E-state index contributed by atoms with van der Waals surface area (Å²) in [6.07, 6.45) is 1.15. The molecule has 0 bridgehead atoms. The second-order valence-corrected chi connectivity index (χ2v) is 5.87. The predicted molar refractivity (Wildman–Crippen MR) is 81.3 cm³/mol. The van der Waals surface area contributed by atoms with Crippen LogP contribution in [0.15, 0.2) is 28.7 Å². The quantitative estimate of drug-likeness (QED) is 0.820. The number of carboxylic acids is 1. The minimum absolute atomic E-state index is 0.183. The van der Waals surface area contributed by atoms with Crippen LogP contribution in [0.2, 0.25) is 0 Å². The lowest BCUT2D eigenvalue weighted by Crippen LogP contribution is -2.36. The van der Waals surface area contributed by atoms with Gasteiger partial charge in [0.05, 0.1) is 6.42 Å². The first-order valence-corrected chi connectivity index (χ1v) is 7.48. The van der Waals surface area contributed by atoms with Crippen LogP contribution < -0.4 is 0 Å². The summed E-state index contributed by atoms with van der Waals surface area (Å²) >= 11 is 3.50. The van der Waals surface area contributed by atoms with E-state index >= 15 is 0 Å². The van der Waals surface area contributed by atoms with Crippen LogP contribution >= 0.6 is 15.9 Å². The first kappa shape index (κ1) is 16.2. The maximum atomic E-state index is 10.8. The number of hydrogen-bond donors (Lipinski definition) is 1. The Morgan fingerprint density at radius 1 is 1.42 bits per heavy atom. The van der Waals surface area contributed by atoms with Crippen LogP contribution in [0.5, 0.6) is 0 Å². The van der Waals surface area contributed by atoms with Crippen molar-refractivity contribution in [1.29, 1.82) is 0 Å². The van der Waals surface area contributed by atoms with Gasteiger partial charge in [-0.25, -0.2) is 0 Å². The van der Waals surface area contributed by atoms with E-state index in [4.69, 9.17) is 5.11 Å². The Morgan fingerprint density at radius 2 is 2.11 bits per heavy atom.